The van der Waals surface area contributed by atoms with Crippen LogP contribution in [0.3, 0.4) is 0 Å². The van der Waals surface area contributed by atoms with Crippen molar-refractivity contribution in [2.24, 2.45) is 0 Å². The third-order valence-corrected chi connectivity index (χ3v) is 5.17. The van der Waals surface area contributed by atoms with Gasteiger partial charge in [0.1, 0.15) is 11.9 Å². The van der Waals surface area contributed by atoms with Gasteiger partial charge >= 0.3 is 6.09 Å². The van der Waals surface area contributed by atoms with Crippen molar-refractivity contribution in [1.29, 1.82) is 0 Å². The Hall–Kier alpha value is -1.51. The summed E-state index contributed by atoms with van der Waals surface area (Å²) in [6.07, 6.45) is -0.558. The highest BCUT2D eigenvalue weighted by Crippen LogP contribution is 2.31. The maximum absolute atomic E-state index is 12.0. The maximum Gasteiger partial charge on any atom is 0.414 e. The summed E-state index contributed by atoms with van der Waals surface area (Å²) < 4.78 is 36.0. The SMILES string of the molecule is CCCS(=O)(=O)NCC1CN(c2ccc(OC)c(Cl)c2)C(=O)O1. The van der Waals surface area contributed by atoms with Crippen LogP contribution >= 0.6 is 11.6 Å². The van der Waals surface area contributed by atoms with Gasteiger partial charge in [-0.05, 0) is 24.6 Å². The van der Waals surface area contributed by atoms with Crippen molar-refractivity contribution in [2.75, 3.05) is 30.9 Å². The first kappa shape index (κ1) is 17.8. The van der Waals surface area contributed by atoms with Crippen molar-refractivity contribution in [3.63, 3.8) is 0 Å². The van der Waals surface area contributed by atoms with Crippen molar-refractivity contribution in [1.82, 2.24) is 4.72 Å². The first-order valence-corrected chi connectivity index (χ1v) is 9.18. The van der Waals surface area contributed by atoms with E-state index in [9.17, 15) is 13.2 Å². The van der Waals surface area contributed by atoms with E-state index >= 15 is 0 Å². The fourth-order valence-corrected chi connectivity index (χ4v) is 3.60. The van der Waals surface area contributed by atoms with Gasteiger partial charge in [-0.1, -0.05) is 18.5 Å². The Balaban J connectivity index is 2.01. The highest BCUT2D eigenvalue weighted by Gasteiger charge is 2.33. The van der Waals surface area contributed by atoms with Crippen molar-refractivity contribution in [3.05, 3.63) is 23.2 Å². The molecule has 1 aliphatic rings. The molecule has 0 saturated carbocycles. The molecule has 1 amide bonds. The fraction of sp³-hybridized carbons (Fsp3) is 0.500. The fourth-order valence-electron chi connectivity index (χ4n) is 2.22. The second-order valence-corrected chi connectivity index (χ2v) is 7.44. The molecule has 0 aliphatic carbocycles. The van der Waals surface area contributed by atoms with Crippen molar-refractivity contribution in [2.45, 2.75) is 19.4 Å². The van der Waals surface area contributed by atoms with Crippen LogP contribution in [0.15, 0.2) is 18.2 Å². The topological polar surface area (TPSA) is 84.9 Å². The molecule has 1 aromatic carbocycles. The molecular formula is C14H19ClN2O5S. The van der Waals surface area contributed by atoms with E-state index in [4.69, 9.17) is 21.1 Å². The molecule has 0 radical (unpaired) electrons. The van der Waals surface area contributed by atoms with Gasteiger partial charge in [-0.15, -0.1) is 0 Å². The lowest BCUT2D eigenvalue weighted by molar-refractivity contribution is 0.143. The summed E-state index contributed by atoms with van der Waals surface area (Å²) in [6, 6.07) is 4.95. The zero-order chi connectivity index (χ0) is 17.0. The zero-order valence-corrected chi connectivity index (χ0v) is 14.5. The first-order chi connectivity index (χ1) is 10.9. The molecule has 1 unspecified atom stereocenters. The van der Waals surface area contributed by atoms with E-state index in [0.29, 0.717) is 22.9 Å². The van der Waals surface area contributed by atoms with Gasteiger partial charge in [-0.3, -0.25) is 4.90 Å². The number of nitrogens with one attached hydrogen (secondary N) is 1. The number of carbonyl (C=O) groups is 1. The number of cyclic esters (lactones) is 1. The molecule has 1 aliphatic heterocycles. The highest BCUT2D eigenvalue weighted by atomic mass is 35.5. The van der Waals surface area contributed by atoms with E-state index in [-0.39, 0.29) is 18.8 Å². The number of rotatable bonds is 7. The number of halogens is 1. The number of ether oxygens (including phenoxy) is 2. The summed E-state index contributed by atoms with van der Waals surface area (Å²) in [5.41, 5.74) is 0.569. The lowest BCUT2D eigenvalue weighted by atomic mass is 10.2. The monoisotopic (exact) mass is 362 g/mol. The Morgan fingerprint density at radius 2 is 2.22 bits per heavy atom. The summed E-state index contributed by atoms with van der Waals surface area (Å²) in [5, 5.41) is 0.380. The van der Waals surface area contributed by atoms with Crippen molar-refractivity contribution >= 4 is 33.4 Å². The van der Waals surface area contributed by atoms with Gasteiger partial charge < -0.3 is 9.47 Å². The number of hydrogen-bond donors (Lipinski definition) is 1. The zero-order valence-electron chi connectivity index (χ0n) is 12.9. The summed E-state index contributed by atoms with van der Waals surface area (Å²) in [4.78, 5) is 13.4. The van der Waals surface area contributed by atoms with E-state index in [1.54, 1.807) is 25.1 Å². The van der Waals surface area contributed by atoms with E-state index < -0.39 is 22.2 Å². The molecule has 128 valence electrons. The van der Waals surface area contributed by atoms with Crippen molar-refractivity contribution in [3.8, 4) is 5.75 Å². The summed E-state index contributed by atoms with van der Waals surface area (Å²) >= 11 is 6.05. The molecular weight excluding hydrogens is 344 g/mol. The van der Waals surface area contributed by atoms with Crippen LogP contribution in [0.2, 0.25) is 5.02 Å². The molecule has 23 heavy (non-hydrogen) atoms. The lowest BCUT2D eigenvalue weighted by Crippen LogP contribution is -2.35. The van der Waals surface area contributed by atoms with Gasteiger partial charge in [-0.25, -0.2) is 17.9 Å². The van der Waals surface area contributed by atoms with Gasteiger partial charge in [0.05, 0.1) is 24.4 Å². The van der Waals surface area contributed by atoms with Gasteiger partial charge in [-0.2, -0.15) is 0 Å². The predicted molar refractivity (Wildman–Crippen MR) is 87.7 cm³/mol. The van der Waals surface area contributed by atoms with Crippen molar-refractivity contribution < 1.29 is 22.7 Å². The van der Waals surface area contributed by atoms with E-state index in [1.165, 1.54) is 12.0 Å². The number of methoxy groups -OCH3 is 1. The molecule has 0 bridgehead atoms. The van der Waals surface area contributed by atoms with E-state index in [0.717, 1.165) is 0 Å². The maximum atomic E-state index is 12.0. The third-order valence-electron chi connectivity index (χ3n) is 3.32. The van der Waals surface area contributed by atoms with Crippen LogP contribution in [0, 0.1) is 0 Å². The number of carbonyl (C=O) groups excluding carboxylic acids is 1. The van der Waals surface area contributed by atoms with Gasteiger partial charge in [0, 0.05) is 12.2 Å². The molecule has 7 nitrogen and oxygen atoms in total. The standard InChI is InChI=1S/C14H19ClN2O5S/c1-3-6-23(19,20)16-8-11-9-17(14(18)22-11)10-4-5-13(21-2)12(15)7-10/h4-5,7,11,16H,3,6,8-9H2,1-2H3. The lowest BCUT2D eigenvalue weighted by Gasteiger charge is -2.14. The number of amides is 1. The minimum atomic E-state index is -3.33. The Morgan fingerprint density at radius 1 is 1.48 bits per heavy atom. The quantitative estimate of drug-likeness (QED) is 0.801. The van der Waals surface area contributed by atoms with Crippen LogP contribution in [0.1, 0.15) is 13.3 Å². The summed E-state index contributed by atoms with van der Waals surface area (Å²) in [7, 11) is -1.83. The number of sulfonamides is 1. The smallest absolute Gasteiger partial charge is 0.414 e. The predicted octanol–water partition coefficient (Wildman–Crippen LogP) is 2.00. The molecule has 1 heterocycles. The first-order valence-electron chi connectivity index (χ1n) is 7.15. The average Bonchev–Trinajstić information content (AvgIpc) is 2.86. The molecule has 0 aromatic heterocycles. The summed E-state index contributed by atoms with van der Waals surface area (Å²) in [6.45, 7) is 2.08. The molecule has 1 atom stereocenters. The normalized spacial score (nSPS) is 18.1. The summed E-state index contributed by atoms with van der Waals surface area (Å²) in [5.74, 6) is 0.553. The number of anilines is 1. The Morgan fingerprint density at radius 3 is 2.83 bits per heavy atom. The molecule has 1 N–H and O–H groups in total. The second-order valence-electron chi connectivity index (χ2n) is 5.10. The Bertz CT molecular complexity index is 680. The number of hydrogen-bond acceptors (Lipinski definition) is 5. The molecule has 2 rings (SSSR count). The van der Waals surface area contributed by atoms with Crippen LogP contribution in [0.5, 0.6) is 5.75 Å². The third kappa shape index (κ3) is 4.49. The largest absolute Gasteiger partial charge is 0.495 e. The van der Waals surface area contributed by atoms with Crippen LogP contribution in [0.4, 0.5) is 10.5 Å². The number of benzene rings is 1. The van der Waals surface area contributed by atoms with Crippen LogP contribution in [-0.4, -0.2) is 46.6 Å². The molecule has 0 spiro atoms. The van der Waals surface area contributed by atoms with Crippen LogP contribution in [-0.2, 0) is 14.8 Å². The minimum absolute atomic E-state index is 0.0471. The molecule has 1 fully saturated rings. The second kappa shape index (κ2) is 7.37. The number of nitrogens with zero attached hydrogens (tertiary/aromatic N) is 1. The Labute approximate surface area is 140 Å². The highest BCUT2D eigenvalue weighted by molar-refractivity contribution is 7.89. The van der Waals surface area contributed by atoms with E-state index in [2.05, 4.69) is 4.72 Å². The Kier molecular flexibility index (Phi) is 5.72. The molecule has 9 heteroatoms. The van der Waals surface area contributed by atoms with Gasteiger partial charge in [0.25, 0.3) is 0 Å². The van der Waals surface area contributed by atoms with Crippen LogP contribution < -0.4 is 14.4 Å². The van der Waals surface area contributed by atoms with Gasteiger partial charge in [0.2, 0.25) is 10.0 Å². The molecule has 1 saturated heterocycles. The minimum Gasteiger partial charge on any atom is -0.495 e. The van der Waals surface area contributed by atoms with Crippen LogP contribution in [0.25, 0.3) is 0 Å². The van der Waals surface area contributed by atoms with Gasteiger partial charge in [0.15, 0.2) is 0 Å². The van der Waals surface area contributed by atoms with E-state index in [1.807, 2.05) is 0 Å². The average molecular weight is 363 g/mol. The molecule has 1 aromatic rings.